The maximum Gasteiger partial charge on any atom is 0.225 e. The summed E-state index contributed by atoms with van der Waals surface area (Å²) in [5.74, 6) is 1.35. The summed E-state index contributed by atoms with van der Waals surface area (Å²) < 4.78 is 5.76. The first-order valence-corrected chi connectivity index (χ1v) is 10.8. The summed E-state index contributed by atoms with van der Waals surface area (Å²) in [5, 5.41) is 3.45. The van der Waals surface area contributed by atoms with Crippen LogP contribution in [-0.2, 0) is 4.74 Å². The van der Waals surface area contributed by atoms with Crippen molar-refractivity contribution in [3.63, 3.8) is 0 Å². The van der Waals surface area contributed by atoms with Gasteiger partial charge in [0, 0.05) is 58.3 Å². The summed E-state index contributed by atoms with van der Waals surface area (Å²) >= 11 is 0. The highest BCUT2D eigenvalue weighted by molar-refractivity contribution is 5.31. The van der Waals surface area contributed by atoms with Gasteiger partial charge in [-0.1, -0.05) is 27.2 Å². The fourth-order valence-corrected chi connectivity index (χ4v) is 3.18. The molecule has 0 aromatic carbocycles. The average Bonchev–Trinajstić information content (AvgIpc) is 2.70. The Morgan fingerprint density at radius 3 is 2.33 bits per heavy atom. The second-order valence-electron chi connectivity index (χ2n) is 7.72. The van der Waals surface area contributed by atoms with Gasteiger partial charge in [-0.15, -0.1) is 0 Å². The van der Waals surface area contributed by atoms with Gasteiger partial charge in [-0.3, -0.25) is 4.90 Å². The van der Waals surface area contributed by atoms with Gasteiger partial charge >= 0.3 is 0 Å². The van der Waals surface area contributed by atoms with Gasteiger partial charge in [-0.25, -0.2) is 9.97 Å². The maximum absolute atomic E-state index is 5.76. The molecule has 1 aromatic rings. The molecule has 1 aliphatic heterocycles. The molecule has 2 heterocycles. The number of hydrogen-bond donors (Lipinski definition) is 1. The van der Waals surface area contributed by atoms with E-state index in [0.717, 1.165) is 77.8 Å². The third-order valence-electron chi connectivity index (χ3n) is 5.09. The molecule has 0 saturated carbocycles. The standard InChI is InChI=1S/C21H39N5O/c1-4-5-8-22-9-6-15-27-16-7-10-25-11-13-26(14-12-25)21-23-17-20(18-24-21)19(2)3/h17-19,22H,4-16H2,1-3H3. The minimum Gasteiger partial charge on any atom is -0.381 e. The van der Waals surface area contributed by atoms with Crippen LogP contribution in [0.25, 0.3) is 0 Å². The first kappa shape index (κ1) is 22.1. The van der Waals surface area contributed by atoms with Crippen molar-refractivity contribution in [1.29, 1.82) is 0 Å². The molecular formula is C21H39N5O. The minimum atomic E-state index is 0.482. The summed E-state index contributed by atoms with van der Waals surface area (Å²) in [6.07, 6.45) is 8.69. The number of ether oxygens (including phenoxy) is 1. The third kappa shape index (κ3) is 8.54. The average molecular weight is 378 g/mol. The zero-order valence-corrected chi connectivity index (χ0v) is 17.6. The Morgan fingerprint density at radius 2 is 1.67 bits per heavy atom. The highest BCUT2D eigenvalue weighted by Gasteiger charge is 2.18. The van der Waals surface area contributed by atoms with E-state index in [1.807, 2.05) is 12.4 Å². The molecular weight excluding hydrogens is 338 g/mol. The van der Waals surface area contributed by atoms with Crippen molar-refractivity contribution in [1.82, 2.24) is 20.2 Å². The van der Waals surface area contributed by atoms with Crippen molar-refractivity contribution in [2.45, 2.75) is 52.4 Å². The molecule has 1 aromatic heterocycles. The molecule has 154 valence electrons. The van der Waals surface area contributed by atoms with E-state index in [1.165, 1.54) is 18.4 Å². The number of nitrogens with zero attached hydrogens (tertiary/aromatic N) is 4. The monoisotopic (exact) mass is 377 g/mol. The van der Waals surface area contributed by atoms with Crippen LogP contribution in [0.5, 0.6) is 0 Å². The van der Waals surface area contributed by atoms with Crippen LogP contribution in [0.3, 0.4) is 0 Å². The quantitative estimate of drug-likeness (QED) is 0.534. The molecule has 0 atom stereocenters. The van der Waals surface area contributed by atoms with Crippen LogP contribution in [0, 0.1) is 0 Å². The van der Waals surface area contributed by atoms with Crippen LogP contribution in [0.15, 0.2) is 12.4 Å². The second-order valence-corrected chi connectivity index (χ2v) is 7.72. The number of anilines is 1. The lowest BCUT2D eigenvalue weighted by Gasteiger charge is -2.34. The Balaban J connectivity index is 1.50. The maximum atomic E-state index is 5.76. The van der Waals surface area contributed by atoms with Gasteiger partial charge in [0.25, 0.3) is 0 Å². The molecule has 0 aliphatic carbocycles. The Morgan fingerprint density at radius 1 is 1.00 bits per heavy atom. The number of unbranched alkanes of at least 4 members (excludes halogenated alkanes) is 1. The van der Waals surface area contributed by atoms with Gasteiger partial charge in [0.15, 0.2) is 0 Å². The molecule has 27 heavy (non-hydrogen) atoms. The van der Waals surface area contributed by atoms with E-state index in [0.29, 0.717) is 5.92 Å². The van der Waals surface area contributed by atoms with E-state index in [2.05, 4.69) is 45.9 Å². The van der Waals surface area contributed by atoms with Crippen molar-refractivity contribution >= 4 is 5.95 Å². The van der Waals surface area contributed by atoms with Crippen LogP contribution in [0.2, 0.25) is 0 Å². The molecule has 0 unspecified atom stereocenters. The van der Waals surface area contributed by atoms with Gasteiger partial charge in [-0.2, -0.15) is 0 Å². The number of aromatic nitrogens is 2. The van der Waals surface area contributed by atoms with Gasteiger partial charge in [0.05, 0.1) is 0 Å². The number of piperazine rings is 1. The second kappa shape index (κ2) is 13.0. The number of rotatable bonds is 13. The van der Waals surface area contributed by atoms with Crippen molar-refractivity contribution in [3.05, 3.63) is 18.0 Å². The topological polar surface area (TPSA) is 53.5 Å². The summed E-state index contributed by atoms with van der Waals surface area (Å²) in [6.45, 7) is 15.8. The summed E-state index contributed by atoms with van der Waals surface area (Å²) in [5.41, 5.74) is 1.20. The normalized spacial score (nSPS) is 15.6. The van der Waals surface area contributed by atoms with Crippen LogP contribution >= 0.6 is 0 Å². The molecule has 2 rings (SSSR count). The van der Waals surface area contributed by atoms with Crippen LogP contribution in [0.1, 0.15) is 57.9 Å². The fourth-order valence-electron chi connectivity index (χ4n) is 3.18. The van der Waals surface area contributed by atoms with Crippen LogP contribution in [-0.4, -0.2) is 73.9 Å². The van der Waals surface area contributed by atoms with E-state index in [-0.39, 0.29) is 0 Å². The molecule has 0 bridgehead atoms. The highest BCUT2D eigenvalue weighted by atomic mass is 16.5. The molecule has 1 saturated heterocycles. The van der Waals surface area contributed by atoms with Gasteiger partial charge in [0.1, 0.15) is 0 Å². The van der Waals surface area contributed by atoms with E-state index in [9.17, 15) is 0 Å². The summed E-state index contributed by atoms with van der Waals surface area (Å²) in [7, 11) is 0. The smallest absolute Gasteiger partial charge is 0.225 e. The number of nitrogens with one attached hydrogen (secondary N) is 1. The van der Waals surface area contributed by atoms with E-state index in [4.69, 9.17) is 4.74 Å². The van der Waals surface area contributed by atoms with E-state index >= 15 is 0 Å². The lowest BCUT2D eigenvalue weighted by molar-refractivity contribution is 0.117. The first-order valence-electron chi connectivity index (χ1n) is 10.8. The van der Waals surface area contributed by atoms with Gasteiger partial charge in [-0.05, 0) is 43.8 Å². The fraction of sp³-hybridized carbons (Fsp3) is 0.810. The van der Waals surface area contributed by atoms with Crippen molar-refractivity contribution in [3.8, 4) is 0 Å². The molecule has 6 heteroatoms. The Bertz CT molecular complexity index is 486. The van der Waals surface area contributed by atoms with Crippen LogP contribution < -0.4 is 10.2 Å². The Labute approximate surface area is 165 Å². The van der Waals surface area contributed by atoms with Gasteiger partial charge in [0.2, 0.25) is 5.95 Å². The SMILES string of the molecule is CCCCNCCCOCCCN1CCN(c2ncc(C(C)C)cn2)CC1. The predicted octanol–water partition coefficient (Wildman–Crippen LogP) is 2.91. The molecule has 0 amide bonds. The molecule has 0 spiro atoms. The Kier molecular flexibility index (Phi) is 10.6. The van der Waals surface area contributed by atoms with Crippen LogP contribution in [0.4, 0.5) is 5.95 Å². The van der Waals surface area contributed by atoms with Gasteiger partial charge < -0.3 is 15.0 Å². The molecule has 0 radical (unpaired) electrons. The largest absolute Gasteiger partial charge is 0.381 e. The summed E-state index contributed by atoms with van der Waals surface area (Å²) in [4.78, 5) is 13.9. The van der Waals surface area contributed by atoms with E-state index in [1.54, 1.807) is 0 Å². The zero-order chi connectivity index (χ0) is 19.3. The highest BCUT2D eigenvalue weighted by Crippen LogP contribution is 2.15. The lowest BCUT2D eigenvalue weighted by atomic mass is 10.1. The number of hydrogen-bond acceptors (Lipinski definition) is 6. The first-order chi connectivity index (χ1) is 13.2. The van der Waals surface area contributed by atoms with Crippen molar-refractivity contribution < 1.29 is 4.74 Å². The molecule has 1 fully saturated rings. The third-order valence-corrected chi connectivity index (χ3v) is 5.09. The predicted molar refractivity (Wildman–Crippen MR) is 113 cm³/mol. The zero-order valence-electron chi connectivity index (χ0n) is 17.6. The Hall–Kier alpha value is -1.24. The minimum absolute atomic E-state index is 0.482. The van der Waals surface area contributed by atoms with E-state index < -0.39 is 0 Å². The molecule has 6 nitrogen and oxygen atoms in total. The van der Waals surface area contributed by atoms with Crippen molar-refractivity contribution in [2.24, 2.45) is 0 Å². The lowest BCUT2D eigenvalue weighted by Crippen LogP contribution is -2.47. The van der Waals surface area contributed by atoms with Crippen molar-refractivity contribution in [2.75, 3.05) is 63.9 Å². The molecule has 1 aliphatic rings. The summed E-state index contributed by atoms with van der Waals surface area (Å²) in [6, 6.07) is 0. The molecule has 1 N–H and O–H groups in total.